The lowest BCUT2D eigenvalue weighted by molar-refractivity contribution is -0.131. The van der Waals surface area contributed by atoms with Crippen LogP contribution in [0.5, 0.6) is 0 Å². The molecular formula is C10H20F7O4PSi2. The summed E-state index contributed by atoms with van der Waals surface area (Å²) in [4.78, 5) is 0. The molecule has 146 valence electrons. The summed E-state index contributed by atoms with van der Waals surface area (Å²) >= 11 is 0. The third kappa shape index (κ3) is 11.6. The standard InChI is InChI=1S/C10H20F7O4PSi2/c1-23(2,7-5-9(11,12)13)20-22(18,19-17)21-24(3,4)8-6-10(14,15)16/h5-8H2,1-4H3. The van der Waals surface area contributed by atoms with Crippen LogP contribution in [-0.4, -0.2) is 29.0 Å². The van der Waals surface area contributed by atoms with Crippen LogP contribution in [-0.2, 0) is 17.7 Å². The van der Waals surface area contributed by atoms with E-state index in [2.05, 4.69) is 4.73 Å². The van der Waals surface area contributed by atoms with Gasteiger partial charge in [-0.3, -0.25) is 0 Å². The van der Waals surface area contributed by atoms with E-state index in [-0.39, 0.29) is 0 Å². The normalized spacial score (nSPS) is 15.0. The van der Waals surface area contributed by atoms with E-state index < -0.39 is 61.7 Å². The second-order valence-electron chi connectivity index (χ2n) is 6.45. The molecule has 0 saturated heterocycles. The summed E-state index contributed by atoms with van der Waals surface area (Å²) in [5, 5.41) is 0. The first-order chi connectivity index (χ1) is 10.4. The third-order valence-corrected chi connectivity index (χ3v) is 11.6. The van der Waals surface area contributed by atoms with Crippen molar-refractivity contribution in [3.05, 3.63) is 0 Å². The van der Waals surface area contributed by atoms with Crippen LogP contribution in [0.2, 0.25) is 38.3 Å². The van der Waals surface area contributed by atoms with Crippen molar-refractivity contribution in [2.75, 3.05) is 0 Å². The Morgan fingerprint density at radius 1 is 0.792 bits per heavy atom. The molecule has 14 heteroatoms. The molecule has 0 unspecified atom stereocenters. The van der Waals surface area contributed by atoms with Gasteiger partial charge in [0.25, 0.3) is 0 Å². The molecule has 0 spiro atoms. The van der Waals surface area contributed by atoms with Gasteiger partial charge in [0, 0.05) is 12.8 Å². The molecule has 0 aromatic rings. The van der Waals surface area contributed by atoms with Gasteiger partial charge < -0.3 is 8.43 Å². The van der Waals surface area contributed by atoms with E-state index in [1.54, 1.807) is 0 Å². The largest absolute Gasteiger partial charge is 0.486 e. The van der Waals surface area contributed by atoms with Crippen molar-refractivity contribution in [2.45, 2.75) is 63.5 Å². The predicted octanol–water partition coefficient (Wildman–Crippen LogP) is 6.34. The Morgan fingerprint density at radius 2 is 1.08 bits per heavy atom. The summed E-state index contributed by atoms with van der Waals surface area (Å²) in [5.41, 5.74) is 0. The maximum Gasteiger partial charge on any atom is 0.486 e. The molecule has 0 atom stereocenters. The van der Waals surface area contributed by atoms with E-state index in [0.717, 1.165) is 0 Å². The maximum absolute atomic E-state index is 12.6. The lowest BCUT2D eigenvalue weighted by Crippen LogP contribution is -2.35. The van der Waals surface area contributed by atoms with Crippen molar-refractivity contribution in [3.63, 3.8) is 0 Å². The highest BCUT2D eigenvalue weighted by Crippen LogP contribution is 2.55. The molecule has 0 bridgehead atoms. The minimum Gasteiger partial charge on any atom is -0.329 e. The van der Waals surface area contributed by atoms with Crippen LogP contribution in [0.25, 0.3) is 0 Å². The molecule has 0 saturated carbocycles. The van der Waals surface area contributed by atoms with Crippen molar-refractivity contribution >= 4 is 24.5 Å². The minimum absolute atomic E-state index is 0.530. The molecule has 0 heterocycles. The number of hydrogen-bond acceptors (Lipinski definition) is 4. The molecule has 0 rings (SSSR count). The first kappa shape index (κ1) is 24.1. The van der Waals surface area contributed by atoms with Gasteiger partial charge in [-0.1, -0.05) is 4.73 Å². The van der Waals surface area contributed by atoms with Gasteiger partial charge in [-0.25, -0.2) is 4.57 Å². The summed E-state index contributed by atoms with van der Waals surface area (Å²) in [6.07, 6.45) is -11.4. The molecule has 0 aromatic carbocycles. The van der Waals surface area contributed by atoms with Gasteiger partial charge in [0.1, 0.15) is 0 Å². The number of alkyl halides is 6. The van der Waals surface area contributed by atoms with Crippen LogP contribution in [0, 0.1) is 0 Å². The van der Waals surface area contributed by atoms with Gasteiger partial charge >= 0.3 is 20.2 Å². The van der Waals surface area contributed by atoms with Crippen LogP contribution in [0.3, 0.4) is 0 Å². The predicted molar refractivity (Wildman–Crippen MR) is 77.9 cm³/mol. The van der Waals surface area contributed by atoms with Gasteiger partial charge in [0.2, 0.25) is 16.6 Å². The quantitative estimate of drug-likeness (QED) is 0.246. The highest BCUT2D eigenvalue weighted by atomic mass is 31.2. The van der Waals surface area contributed by atoms with E-state index in [1.165, 1.54) is 26.2 Å². The Balaban J connectivity index is 4.91. The first-order valence-corrected chi connectivity index (χ1v) is 14.5. The zero-order valence-corrected chi connectivity index (χ0v) is 16.4. The minimum atomic E-state index is -4.89. The highest BCUT2D eigenvalue weighted by Gasteiger charge is 2.45. The van der Waals surface area contributed by atoms with Gasteiger partial charge in [0.15, 0.2) is 0 Å². The van der Waals surface area contributed by atoms with Crippen LogP contribution in [0.4, 0.5) is 30.9 Å². The first-order valence-electron chi connectivity index (χ1n) is 6.84. The SMILES string of the molecule is C[Si](C)(CCC(F)(F)F)OP(=O)(OF)O[Si](C)(C)CCC(F)(F)F. The molecule has 0 aliphatic rings. The maximum atomic E-state index is 12.6. The van der Waals surface area contributed by atoms with Gasteiger partial charge in [-0.2, -0.15) is 26.3 Å². The summed E-state index contributed by atoms with van der Waals surface area (Å²) in [5.74, 6) is 0. The molecule has 0 aliphatic heterocycles. The van der Waals surface area contributed by atoms with E-state index in [9.17, 15) is 35.4 Å². The fourth-order valence-electron chi connectivity index (χ4n) is 1.63. The molecule has 0 aromatic heterocycles. The van der Waals surface area contributed by atoms with Crippen molar-refractivity contribution in [3.8, 4) is 0 Å². The number of phosphoric acid groups is 1. The molecule has 24 heavy (non-hydrogen) atoms. The zero-order valence-electron chi connectivity index (χ0n) is 13.6. The lowest BCUT2D eigenvalue weighted by Gasteiger charge is -2.31. The fraction of sp³-hybridized carbons (Fsp3) is 1.00. The van der Waals surface area contributed by atoms with E-state index in [0.29, 0.717) is 0 Å². The summed E-state index contributed by atoms with van der Waals surface area (Å²) in [7, 11) is -11.5. The summed E-state index contributed by atoms with van der Waals surface area (Å²) in [6.45, 7) is 4.99. The van der Waals surface area contributed by atoms with Gasteiger partial charge in [0.05, 0.1) is 0 Å². The average molecular weight is 424 g/mol. The van der Waals surface area contributed by atoms with Crippen LogP contribution >= 0.6 is 7.82 Å². The average Bonchev–Trinajstić information content (AvgIpc) is 2.31. The Hall–Kier alpha value is 0.0538. The number of hydrogen-bond donors (Lipinski definition) is 0. The van der Waals surface area contributed by atoms with E-state index in [4.69, 9.17) is 8.43 Å². The zero-order chi connectivity index (χ0) is 19.4. The molecule has 0 radical (unpaired) electrons. The smallest absolute Gasteiger partial charge is 0.329 e. The lowest BCUT2D eigenvalue weighted by atomic mass is 10.5. The second-order valence-corrected chi connectivity index (χ2v) is 17.0. The van der Waals surface area contributed by atoms with Gasteiger partial charge in [-0.15, -0.1) is 0 Å². The number of halogens is 7. The molecule has 0 N–H and O–H groups in total. The Kier molecular flexibility index (Phi) is 8.18. The molecule has 0 amide bonds. The molecular weight excluding hydrogens is 404 g/mol. The molecule has 4 nitrogen and oxygen atoms in total. The monoisotopic (exact) mass is 424 g/mol. The fourth-order valence-corrected chi connectivity index (χ4v) is 9.68. The van der Waals surface area contributed by atoms with Crippen molar-refractivity contribution < 1.29 is 48.6 Å². The molecule has 0 fully saturated rings. The topological polar surface area (TPSA) is 44.8 Å². The molecule has 0 aliphatic carbocycles. The van der Waals surface area contributed by atoms with Gasteiger partial charge in [-0.05, 0) is 42.8 Å². The van der Waals surface area contributed by atoms with Crippen molar-refractivity contribution in [1.29, 1.82) is 0 Å². The third-order valence-electron chi connectivity index (χ3n) is 2.82. The van der Waals surface area contributed by atoms with E-state index >= 15 is 0 Å². The Labute approximate surface area is 137 Å². The van der Waals surface area contributed by atoms with Crippen LogP contribution in [0.1, 0.15) is 12.8 Å². The Bertz CT molecular complexity index is 417. The second kappa shape index (κ2) is 8.17. The number of rotatable bonds is 9. The van der Waals surface area contributed by atoms with Crippen molar-refractivity contribution in [2.24, 2.45) is 0 Å². The van der Waals surface area contributed by atoms with E-state index in [1.807, 2.05) is 0 Å². The summed E-state index contributed by atoms with van der Waals surface area (Å²) in [6, 6.07) is -1.06. The van der Waals surface area contributed by atoms with Crippen molar-refractivity contribution in [1.82, 2.24) is 0 Å². The van der Waals surface area contributed by atoms with Crippen LogP contribution < -0.4 is 0 Å². The summed E-state index contributed by atoms with van der Waals surface area (Å²) < 4.78 is 111. The Morgan fingerprint density at radius 3 is 1.29 bits per heavy atom. The van der Waals surface area contributed by atoms with Crippen LogP contribution in [0.15, 0.2) is 0 Å². The highest BCUT2D eigenvalue weighted by molar-refractivity contribution is 7.52.